The molecule has 4 heteroatoms. The van der Waals surface area contributed by atoms with Crippen LogP contribution in [0.15, 0.2) is 48.5 Å². The third-order valence-electron chi connectivity index (χ3n) is 5.43. The van der Waals surface area contributed by atoms with Crippen LogP contribution in [0.3, 0.4) is 0 Å². The van der Waals surface area contributed by atoms with Crippen LogP contribution in [0.2, 0.25) is 0 Å². The first-order valence-electron chi connectivity index (χ1n) is 10.3. The highest BCUT2D eigenvalue weighted by molar-refractivity contribution is 6.08. The smallest absolute Gasteiger partial charge is 0.272 e. The number of carbonyl (C=O) groups is 1. The lowest BCUT2D eigenvalue weighted by atomic mass is 10.1. The fraction of sp³-hybridized carbons (Fsp3) is 0.375. The summed E-state index contributed by atoms with van der Waals surface area (Å²) in [6.07, 6.45) is 2.15. The van der Waals surface area contributed by atoms with E-state index in [0.717, 1.165) is 60.3 Å². The van der Waals surface area contributed by atoms with E-state index >= 15 is 0 Å². The van der Waals surface area contributed by atoms with Gasteiger partial charge >= 0.3 is 0 Å². The van der Waals surface area contributed by atoms with Gasteiger partial charge in [-0.15, -0.1) is 0 Å². The summed E-state index contributed by atoms with van der Waals surface area (Å²) in [6.45, 7) is 11.3. The zero-order valence-corrected chi connectivity index (χ0v) is 17.5. The SMILES string of the molecule is CCCCn1c(C(=O)Nc2ccc(N(CC)CC)cc2)c(C)c2ccccc21. The maximum atomic E-state index is 13.2. The molecule has 0 atom stereocenters. The molecular formula is C24H31N3O. The van der Waals surface area contributed by atoms with Crippen molar-refractivity contribution in [3.63, 3.8) is 0 Å². The molecule has 0 unspecified atom stereocenters. The largest absolute Gasteiger partial charge is 0.372 e. The molecule has 0 aliphatic heterocycles. The summed E-state index contributed by atoms with van der Waals surface area (Å²) in [5.74, 6) is -0.0413. The highest BCUT2D eigenvalue weighted by Crippen LogP contribution is 2.27. The lowest BCUT2D eigenvalue weighted by Gasteiger charge is -2.21. The van der Waals surface area contributed by atoms with Crippen molar-refractivity contribution >= 4 is 28.2 Å². The van der Waals surface area contributed by atoms with Gasteiger partial charge in [0.25, 0.3) is 5.91 Å². The molecule has 2 aromatic carbocycles. The first-order chi connectivity index (χ1) is 13.6. The summed E-state index contributed by atoms with van der Waals surface area (Å²) in [6, 6.07) is 16.4. The van der Waals surface area contributed by atoms with Gasteiger partial charge in [0, 0.05) is 41.9 Å². The molecule has 0 saturated carbocycles. The Kier molecular flexibility index (Phi) is 6.40. The highest BCUT2D eigenvalue weighted by Gasteiger charge is 2.20. The molecule has 0 aliphatic rings. The number of hydrogen-bond acceptors (Lipinski definition) is 2. The molecule has 1 amide bonds. The number of benzene rings is 2. The molecule has 1 N–H and O–H groups in total. The molecule has 1 heterocycles. The predicted octanol–water partition coefficient (Wildman–Crippen LogP) is 5.85. The minimum absolute atomic E-state index is 0.0413. The maximum absolute atomic E-state index is 13.2. The summed E-state index contributed by atoms with van der Waals surface area (Å²) < 4.78 is 2.17. The predicted molar refractivity (Wildman–Crippen MR) is 120 cm³/mol. The van der Waals surface area contributed by atoms with Crippen LogP contribution in [-0.2, 0) is 6.54 Å². The summed E-state index contributed by atoms with van der Waals surface area (Å²) in [7, 11) is 0. The minimum atomic E-state index is -0.0413. The van der Waals surface area contributed by atoms with Crippen LogP contribution in [0.25, 0.3) is 10.9 Å². The van der Waals surface area contributed by atoms with Crippen LogP contribution in [0.1, 0.15) is 49.7 Å². The monoisotopic (exact) mass is 377 g/mol. The molecule has 3 rings (SSSR count). The number of aryl methyl sites for hydroxylation is 2. The Labute approximate surface area is 168 Å². The number of nitrogens with one attached hydrogen (secondary N) is 1. The van der Waals surface area contributed by atoms with Gasteiger partial charge < -0.3 is 14.8 Å². The van der Waals surface area contributed by atoms with E-state index in [0.29, 0.717) is 0 Å². The highest BCUT2D eigenvalue weighted by atomic mass is 16.2. The number of unbranched alkanes of at least 4 members (excludes halogenated alkanes) is 1. The zero-order chi connectivity index (χ0) is 20.1. The molecule has 1 aromatic heterocycles. The van der Waals surface area contributed by atoms with Crippen molar-refractivity contribution < 1.29 is 4.79 Å². The second-order valence-corrected chi connectivity index (χ2v) is 7.17. The molecule has 3 aromatic rings. The number of para-hydroxylation sites is 1. The van der Waals surface area contributed by atoms with Crippen molar-refractivity contribution in [2.75, 3.05) is 23.3 Å². The van der Waals surface area contributed by atoms with E-state index in [-0.39, 0.29) is 5.91 Å². The van der Waals surface area contributed by atoms with Crippen molar-refractivity contribution in [3.05, 3.63) is 59.8 Å². The Balaban J connectivity index is 1.90. The third kappa shape index (κ3) is 3.91. The van der Waals surface area contributed by atoms with Gasteiger partial charge in [0.05, 0.1) is 0 Å². The normalized spacial score (nSPS) is 11.0. The first-order valence-corrected chi connectivity index (χ1v) is 10.3. The number of rotatable bonds is 8. The Morgan fingerprint density at radius 1 is 1.00 bits per heavy atom. The first kappa shape index (κ1) is 20.0. The van der Waals surface area contributed by atoms with Crippen LogP contribution in [0.4, 0.5) is 11.4 Å². The van der Waals surface area contributed by atoms with Crippen LogP contribution < -0.4 is 10.2 Å². The van der Waals surface area contributed by atoms with Crippen molar-refractivity contribution in [3.8, 4) is 0 Å². The number of hydrogen-bond donors (Lipinski definition) is 1. The molecule has 0 spiro atoms. The van der Waals surface area contributed by atoms with Gasteiger partial charge in [-0.2, -0.15) is 0 Å². The lowest BCUT2D eigenvalue weighted by Crippen LogP contribution is -2.22. The third-order valence-corrected chi connectivity index (χ3v) is 5.43. The minimum Gasteiger partial charge on any atom is -0.372 e. The summed E-state index contributed by atoms with van der Waals surface area (Å²) >= 11 is 0. The molecule has 0 radical (unpaired) electrons. The number of amides is 1. The zero-order valence-electron chi connectivity index (χ0n) is 17.5. The Hall–Kier alpha value is -2.75. The standard InChI is InChI=1S/C24H31N3O/c1-5-8-17-27-22-12-10-9-11-21(22)18(4)23(27)24(28)25-19-13-15-20(16-14-19)26(6-2)7-3/h9-16H,5-8,17H2,1-4H3,(H,25,28). The van der Waals surface area contributed by atoms with Gasteiger partial charge in [0.1, 0.15) is 5.69 Å². The van der Waals surface area contributed by atoms with Gasteiger partial charge in [-0.05, 0) is 63.1 Å². The van der Waals surface area contributed by atoms with Crippen LogP contribution in [0, 0.1) is 6.92 Å². The Morgan fingerprint density at radius 3 is 2.32 bits per heavy atom. The lowest BCUT2D eigenvalue weighted by molar-refractivity contribution is 0.101. The topological polar surface area (TPSA) is 37.3 Å². The second kappa shape index (κ2) is 8.96. The van der Waals surface area contributed by atoms with E-state index in [1.807, 2.05) is 31.2 Å². The van der Waals surface area contributed by atoms with Crippen molar-refractivity contribution in [2.45, 2.75) is 47.1 Å². The molecule has 28 heavy (non-hydrogen) atoms. The molecule has 0 bridgehead atoms. The summed E-state index contributed by atoms with van der Waals surface area (Å²) in [4.78, 5) is 15.5. The summed E-state index contributed by atoms with van der Waals surface area (Å²) in [5.41, 5.74) is 4.95. The van der Waals surface area contributed by atoms with E-state index in [4.69, 9.17) is 0 Å². The van der Waals surface area contributed by atoms with E-state index in [9.17, 15) is 4.79 Å². The number of nitrogens with zero attached hydrogens (tertiary/aromatic N) is 2. The van der Waals surface area contributed by atoms with Crippen molar-refractivity contribution in [1.29, 1.82) is 0 Å². The van der Waals surface area contributed by atoms with E-state index < -0.39 is 0 Å². The van der Waals surface area contributed by atoms with Crippen LogP contribution in [0.5, 0.6) is 0 Å². The molecule has 0 aliphatic carbocycles. The molecular weight excluding hydrogens is 346 g/mol. The van der Waals surface area contributed by atoms with Crippen molar-refractivity contribution in [2.24, 2.45) is 0 Å². The quantitative estimate of drug-likeness (QED) is 0.535. The van der Waals surface area contributed by atoms with E-state index in [1.165, 1.54) is 5.69 Å². The van der Waals surface area contributed by atoms with Gasteiger partial charge in [0.2, 0.25) is 0 Å². The Bertz CT molecular complexity index is 936. The van der Waals surface area contributed by atoms with Gasteiger partial charge in [0.15, 0.2) is 0 Å². The van der Waals surface area contributed by atoms with Crippen LogP contribution >= 0.6 is 0 Å². The second-order valence-electron chi connectivity index (χ2n) is 7.17. The average molecular weight is 378 g/mol. The molecule has 0 saturated heterocycles. The van der Waals surface area contributed by atoms with E-state index in [2.05, 4.69) is 59.8 Å². The van der Waals surface area contributed by atoms with Crippen molar-refractivity contribution in [1.82, 2.24) is 4.57 Å². The fourth-order valence-electron chi connectivity index (χ4n) is 3.85. The van der Waals surface area contributed by atoms with Gasteiger partial charge in [-0.3, -0.25) is 4.79 Å². The molecule has 0 fully saturated rings. The number of fused-ring (bicyclic) bond motifs is 1. The van der Waals surface area contributed by atoms with Crippen LogP contribution in [-0.4, -0.2) is 23.6 Å². The van der Waals surface area contributed by atoms with Gasteiger partial charge in [-0.25, -0.2) is 0 Å². The fourth-order valence-corrected chi connectivity index (χ4v) is 3.85. The number of anilines is 2. The molecule has 4 nitrogen and oxygen atoms in total. The Morgan fingerprint density at radius 2 is 1.68 bits per heavy atom. The number of carbonyl (C=O) groups excluding carboxylic acids is 1. The summed E-state index contributed by atoms with van der Waals surface area (Å²) in [5, 5.41) is 4.25. The van der Waals surface area contributed by atoms with Gasteiger partial charge in [-0.1, -0.05) is 31.5 Å². The molecule has 148 valence electrons. The average Bonchev–Trinajstić information content (AvgIpc) is 3.00. The maximum Gasteiger partial charge on any atom is 0.272 e. The van der Waals surface area contributed by atoms with E-state index in [1.54, 1.807) is 0 Å². The number of aromatic nitrogens is 1.